The predicted octanol–water partition coefficient (Wildman–Crippen LogP) is 2.24. The minimum atomic E-state index is -3.18. The van der Waals surface area contributed by atoms with E-state index in [1.807, 2.05) is 25.8 Å². The minimum absolute atomic E-state index is 0.00620. The fraction of sp³-hybridized carbons (Fsp3) is 0.588. The minimum Gasteiger partial charge on any atom is -0.352 e. The van der Waals surface area contributed by atoms with Gasteiger partial charge >= 0.3 is 0 Å². The standard InChI is InChI=1S/C17H28N2O3S/c1-12(2)13(3)18-17(20)11-19(5)14(4)15-7-9-16(10-8-15)23(6,21)22/h7-10,12-14H,11H2,1-6H3,(H,18,20). The summed E-state index contributed by atoms with van der Waals surface area (Å²) in [5.41, 5.74) is 0.976. The molecule has 0 aliphatic carbocycles. The van der Waals surface area contributed by atoms with Gasteiger partial charge in [-0.15, -0.1) is 0 Å². The molecular weight excluding hydrogens is 312 g/mol. The highest BCUT2D eigenvalue weighted by molar-refractivity contribution is 7.90. The molecule has 0 aromatic heterocycles. The van der Waals surface area contributed by atoms with Gasteiger partial charge in [0.05, 0.1) is 11.4 Å². The Morgan fingerprint density at radius 3 is 2.09 bits per heavy atom. The number of carbonyl (C=O) groups is 1. The van der Waals surface area contributed by atoms with Crippen LogP contribution in [0.1, 0.15) is 39.3 Å². The number of hydrogen-bond acceptors (Lipinski definition) is 4. The lowest BCUT2D eigenvalue weighted by Crippen LogP contribution is -2.42. The molecule has 1 rings (SSSR count). The third kappa shape index (κ3) is 5.95. The van der Waals surface area contributed by atoms with Gasteiger partial charge in [-0.3, -0.25) is 9.69 Å². The van der Waals surface area contributed by atoms with Crippen molar-refractivity contribution in [2.75, 3.05) is 19.8 Å². The molecule has 0 spiro atoms. The smallest absolute Gasteiger partial charge is 0.234 e. The third-order valence-corrected chi connectivity index (χ3v) is 5.36. The molecule has 2 unspecified atom stereocenters. The van der Waals surface area contributed by atoms with Crippen molar-refractivity contribution >= 4 is 15.7 Å². The molecule has 130 valence electrons. The van der Waals surface area contributed by atoms with Crippen LogP contribution in [0.5, 0.6) is 0 Å². The van der Waals surface area contributed by atoms with Gasteiger partial charge in [0.1, 0.15) is 0 Å². The molecule has 0 bridgehead atoms. The van der Waals surface area contributed by atoms with Crippen molar-refractivity contribution in [2.24, 2.45) is 5.92 Å². The molecule has 0 heterocycles. The molecule has 0 radical (unpaired) electrons. The Balaban J connectivity index is 2.69. The van der Waals surface area contributed by atoms with E-state index in [4.69, 9.17) is 0 Å². The van der Waals surface area contributed by atoms with Crippen LogP contribution in [-0.2, 0) is 14.6 Å². The monoisotopic (exact) mass is 340 g/mol. The van der Waals surface area contributed by atoms with E-state index >= 15 is 0 Å². The molecule has 0 fully saturated rings. The molecule has 1 N–H and O–H groups in total. The van der Waals surface area contributed by atoms with Crippen LogP contribution in [0.25, 0.3) is 0 Å². The maximum atomic E-state index is 12.1. The van der Waals surface area contributed by atoms with Gasteiger partial charge in [-0.25, -0.2) is 8.42 Å². The first-order valence-electron chi connectivity index (χ1n) is 7.82. The normalized spacial score (nSPS) is 14.8. The summed E-state index contributed by atoms with van der Waals surface area (Å²) in [5.74, 6) is 0.388. The second kappa shape index (κ2) is 7.93. The Labute approximate surface area is 140 Å². The van der Waals surface area contributed by atoms with E-state index < -0.39 is 9.84 Å². The summed E-state index contributed by atoms with van der Waals surface area (Å²) in [7, 11) is -1.30. The van der Waals surface area contributed by atoms with E-state index in [0.717, 1.165) is 5.56 Å². The van der Waals surface area contributed by atoms with Crippen molar-refractivity contribution in [2.45, 2.75) is 44.7 Å². The molecule has 1 aromatic carbocycles. The molecular formula is C17H28N2O3S. The first-order chi connectivity index (χ1) is 10.5. The molecule has 1 aromatic rings. The lowest BCUT2D eigenvalue weighted by atomic mass is 10.1. The van der Waals surface area contributed by atoms with Gasteiger partial charge in [-0.05, 0) is 44.5 Å². The Bertz CT molecular complexity index is 624. The summed E-state index contributed by atoms with van der Waals surface area (Å²) in [5, 5.41) is 2.99. The highest BCUT2D eigenvalue weighted by Gasteiger charge is 2.17. The van der Waals surface area contributed by atoms with Crippen molar-refractivity contribution in [3.63, 3.8) is 0 Å². The van der Waals surface area contributed by atoms with Crippen molar-refractivity contribution in [3.05, 3.63) is 29.8 Å². The van der Waals surface area contributed by atoms with E-state index in [9.17, 15) is 13.2 Å². The summed E-state index contributed by atoms with van der Waals surface area (Å²) in [6.45, 7) is 8.43. The van der Waals surface area contributed by atoms with Gasteiger partial charge in [0, 0.05) is 18.3 Å². The molecule has 0 aliphatic rings. The lowest BCUT2D eigenvalue weighted by molar-refractivity contribution is -0.123. The maximum Gasteiger partial charge on any atom is 0.234 e. The summed E-state index contributed by atoms with van der Waals surface area (Å²) >= 11 is 0. The second-order valence-electron chi connectivity index (χ2n) is 6.53. The zero-order valence-corrected chi connectivity index (χ0v) is 15.6. The first-order valence-corrected chi connectivity index (χ1v) is 9.71. The molecule has 2 atom stereocenters. The number of likely N-dealkylation sites (N-methyl/N-ethyl adjacent to an activating group) is 1. The third-order valence-electron chi connectivity index (χ3n) is 4.23. The molecule has 1 amide bonds. The Morgan fingerprint density at radius 1 is 1.13 bits per heavy atom. The van der Waals surface area contributed by atoms with Gasteiger partial charge in [-0.1, -0.05) is 26.0 Å². The number of sulfone groups is 1. The average Bonchev–Trinajstić information content (AvgIpc) is 2.45. The number of nitrogens with zero attached hydrogens (tertiary/aromatic N) is 1. The molecule has 0 saturated heterocycles. The van der Waals surface area contributed by atoms with Crippen molar-refractivity contribution in [3.8, 4) is 0 Å². The van der Waals surface area contributed by atoms with Crippen LogP contribution >= 0.6 is 0 Å². The van der Waals surface area contributed by atoms with Gasteiger partial charge in [-0.2, -0.15) is 0 Å². The van der Waals surface area contributed by atoms with Crippen LogP contribution < -0.4 is 5.32 Å². The van der Waals surface area contributed by atoms with Crippen molar-refractivity contribution < 1.29 is 13.2 Å². The van der Waals surface area contributed by atoms with E-state index in [0.29, 0.717) is 17.4 Å². The summed E-state index contributed by atoms with van der Waals surface area (Å²) in [6, 6.07) is 6.97. The van der Waals surface area contributed by atoms with E-state index in [1.165, 1.54) is 6.26 Å². The Kier molecular flexibility index (Phi) is 6.77. The summed E-state index contributed by atoms with van der Waals surface area (Å²) < 4.78 is 23.0. The van der Waals surface area contributed by atoms with E-state index in [-0.39, 0.29) is 18.0 Å². The quantitative estimate of drug-likeness (QED) is 0.827. The van der Waals surface area contributed by atoms with Crippen LogP contribution in [0.3, 0.4) is 0 Å². The Hall–Kier alpha value is -1.40. The van der Waals surface area contributed by atoms with Gasteiger partial charge in [0.15, 0.2) is 9.84 Å². The number of carbonyl (C=O) groups excluding carboxylic acids is 1. The molecule has 0 aliphatic heterocycles. The summed E-state index contributed by atoms with van der Waals surface area (Å²) in [4.78, 5) is 14.3. The largest absolute Gasteiger partial charge is 0.352 e. The zero-order chi connectivity index (χ0) is 17.8. The first kappa shape index (κ1) is 19.6. The zero-order valence-electron chi connectivity index (χ0n) is 14.8. The van der Waals surface area contributed by atoms with Crippen LogP contribution in [-0.4, -0.2) is 45.1 Å². The van der Waals surface area contributed by atoms with Crippen molar-refractivity contribution in [1.29, 1.82) is 0 Å². The van der Waals surface area contributed by atoms with E-state index in [2.05, 4.69) is 19.2 Å². The fourth-order valence-corrected chi connectivity index (χ4v) is 2.71. The fourth-order valence-electron chi connectivity index (χ4n) is 2.08. The average molecular weight is 340 g/mol. The predicted molar refractivity (Wildman–Crippen MR) is 93.0 cm³/mol. The van der Waals surface area contributed by atoms with E-state index in [1.54, 1.807) is 24.3 Å². The topological polar surface area (TPSA) is 66.5 Å². The molecule has 23 heavy (non-hydrogen) atoms. The maximum absolute atomic E-state index is 12.1. The van der Waals surface area contributed by atoms with Crippen LogP contribution in [0.2, 0.25) is 0 Å². The summed E-state index contributed by atoms with van der Waals surface area (Å²) in [6.07, 6.45) is 1.19. The van der Waals surface area contributed by atoms with Crippen molar-refractivity contribution in [1.82, 2.24) is 10.2 Å². The molecule has 5 nitrogen and oxygen atoms in total. The lowest BCUT2D eigenvalue weighted by Gasteiger charge is -2.26. The highest BCUT2D eigenvalue weighted by atomic mass is 32.2. The second-order valence-corrected chi connectivity index (χ2v) is 8.55. The van der Waals surface area contributed by atoms with Crippen LogP contribution in [0.4, 0.5) is 0 Å². The Morgan fingerprint density at radius 2 is 1.65 bits per heavy atom. The number of benzene rings is 1. The molecule has 6 heteroatoms. The number of amides is 1. The van der Waals surface area contributed by atoms with Gasteiger partial charge in [0.25, 0.3) is 0 Å². The SMILES string of the molecule is CC(C)C(C)NC(=O)CN(C)C(C)c1ccc(S(C)(=O)=O)cc1. The number of rotatable bonds is 7. The van der Waals surface area contributed by atoms with Gasteiger partial charge < -0.3 is 5.32 Å². The molecule has 0 saturated carbocycles. The number of hydrogen-bond donors (Lipinski definition) is 1. The van der Waals surface area contributed by atoms with Crippen LogP contribution in [0, 0.1) is 5.92 Å². The highest BCUT2D eigenvalue weighted by Crippen LogP contribution is 2.20. The van der Waals surface area contributed by atoms with Gasteiger partial charge in [0.2, 0.25) is 5.91 Å². The number of nitrogens with one attached hydrogen (secondary N) is 1. The van der Waals surface area contributed by atoms with Crippen LogP contribution in [0.15, 0.2) is 29.2 Å².